The van der Waals surface area contributed by atoms with Crippen molar-refractivity contribution in [2.24, 2.45) is 0 Å². The van der Waals surface area contributed by atoms with Gasteiger partial charge in [0, 0.05) is 6.54 Å². The van der Waals surface area contributed by atoms with Crippen molar-refractivity contribution >= 4 is 5.91 Å². The Labute approximate surface area is 136 Å². The molecule has 1 aliphatic heterocycles. The maximum absolute atomic E-state index is 12.3. The summed E-state index contributed by atoms with van der Waals surface area (Å²) in [5.74, 6) is -0.0862. The summed E-state index contributed by atoms with van der Waals surface area (Å²) in [4.78, 5) is 13.8. The molecule has 23 heavy (non-hydrogen) atoms. The Hall–Kier alpha value is -2.17. The Kier molecular flexibility index (Phi) is 4.46. The van der Waals surface area contributed by atoms with E-state index < -0.39 is 11.8 Å². The molecule has 2 atom stereocenters. The molecule has 1 fully saturated rings. The number of nitrogens with zero attached hydrogens (tertiary/aromatic N) is 1. The molecule has 1 amide bonds. The first-order chi connectivity index (χ1) is 11.1. The molecule has 4 heteroatoms. The van der Waals surface area contributed by atoms with Crippen molar-refractivity contribution in [3.05, 3.63) is 71.8 Å². The van der Waals surface area contributed by atoms with Crippen LogP contribution in [0.5, 0.6) is 0 Å². The summed E-state index contributed by atoms with van der Waals surface area (Å²) >= 11 is 0. The third kappa shape index (κ3) is 3.44. The Balaban J connectivity index is 1.68. The molecule has 1 saturated heterocycles. The van der Waals surface area contributed by atoms with Crippen LogP contribution in [0.3, 0.4) is 0 Å². The van der Waals surface area contributed by atoms with E-state index in [-0.39, 0.29) is 12.3 Å². The predicted molar refractivity (Wildman–Crippen MR) is 87.3 cm³/mol. The topological polar surface area (TPSA) is 49.8 Å². The van der Waals surface area contributed by atoms with E-state index in [2.05, 4.69) is 0 Å². The maximum Gasteiger partial charge on any atom is 0.227 e. The Morgan fingerprint density at radius 1 is 1.09 bits per heavy atom. The summed E-state index contributed by atoms with van der Waals surface area (Å²) in [6.45, 7) is 2.42. The van der Waals surface area contributed by atoms with Crippen LogP contribution in [0.1, 0.15) is 24.5 Å². The number of ether oxygens (including phenoxy) is 1. The molecule has 2 aromatic carbocycles. The quantitative estimate of drug-likeness (QED) is 0.923. The summed E-state index contributed by atoms with van der Waals surface area (Å²) in [6, 6.07) is 19.4. The van der Waals surface area contributed by atoms with Gasteiger partial charge in [0.15, 0.2) is 5.72 Å². The number of rotatable bonds is 5. The average molecular weight is 311 g/mol. The van der Waals surface area contributed by atoms with Crippen molar-refractivity contribution < 1.29 is 14.6 Å². The molecule has 0 aliphatic carbocycles. The average Bonchev–Trinajstić information content (AvgIpc) is 2.78. The Morgan fingerprint density at radius 2 is 1.65 bits per heavy atom. The minimum Gasteiger partial charge on any atom is -0.368 e. The molecular weight excluding hydrogens is 290 g/mol. The van der Waals surface area contributed by atoms with Crippen molar-refractivity contribution in [2.75, 3.05) is 0 Å². The molecule has 0 aromatic heterocycles. The fourth-order valence-electron chi connectivity index (χ4n) is 2.89. The van der Waals surface area contributed by atoms with E-state index >= 15 is 0 Å². The molecule has 0 radical (unpaired) electrons. The summed E-state index contributed by atoms with van der Waals surface area (Å²) in [7, 11) is 0. The zero-order chi connectivity index (χ0) is 16.3. The second kappa shape index (κ2) is 6.52. The molecule has 1 N–H and O–H groups in total. The third-order valence-corrected chi connectivity index (χ3v) is 4.30. The second-order valence-corrected chi connectivity index (χ2v) is 6.05. The van der Waals surface area contributed by atoms with Crippen molar-refractivity contribution in [3.63, 3.8) is 0 Å². The van der Waals surface area contributed by atoms with E-state index in [0.717, 1.165) is 11.1 Å². The van der Waals surface area contributed by atoms with Gasteiger partial charge in [-0.25, -0.2) is 0 Å². The van der Waals surface area contributed by atoms with E-state index in [1.54, 1.807) is 6.92 Å². The molecule has 0 saturated carbocycles. The zero-order valence-electron chi connectivity index (χ0n) is 13.2. The first kappa shape index (κ1) is 15.7. The van der Waals surface area contributed by atoms with Gasteiger partial charge in [-0.05, 0) is 18.1 Å². The number of carbonyl (C=O) groups is 1. The summed E-state index contributed by atoms with van der Waals surface area (Å²) < 4.78 is 5.83. The lowest BCUT2D eigenvalue weighted by atomic mass is 10.1. The standard InChI is InChI=1S/C19H21NO3/c1-19(22)17(23-14-16-10-6-3-7-11-16)12-18(21)20(19)13-15-8-4-2-5-9-15/h2-11,17,22H,12-14H2,1H3/t17-,19+/m0/s1. The van der Waals surface area contributed by atoms with Crippen LogP contribution < -0.4 is 0 Å². The highest BCUT2D eigenvalue weighted by Crippen LogP contribution is 2.32. The van der Waals surface area contributed by atoms with Crippen molar-refractivity contribution in [2.45, 2.75) is 38.3 Å². The fraction of sp³-hybridized carbons (Fsp3) is 0.316. The molecule has 0 spiro atoms. The first-order valence-corrected chi connectivity index (χ1v) is 7.79. The molecule has 0 unspecified atom stereocenters. The van der Waals surface area contributed by atoms with Gasteiger partial charge in [0.1, 0.15) is 6.10 Å². The van der Waals surface area contributed by atoms with Crippen LogP contribution in [-0.2, 0) is 22.7 Å². The van der Waals surface area contributed by atoms with Crippen molar-refractivity contribution in [1.82, 2.24) is 4.90 Å². The lowest BCUT2D eigenvalue weighted by Gasteiger charge is -2.34. The van der Waals surface area contributed by atoms with Crippen LogP contribution in [0.25, 0.3) is 0 Å². The smallest absolute Gasteiger partial charge is 0.227 e. The van der Waals surface area contributed by atoms with Crippen LogP contribution in [-0.4, -0.2) is 27.7 Å². The number of aliphatic hydroxyl groups is 1. The van der Waals surface area contributed by atoms with Gasteiger partial charge < -0.3 is 14.7 Å². The Bertz CT molecular complexity index is 655. The largest absolute Gasteiger partial charge is 0.368 e. The highest BCUT2D eigenvalue weighted by Gasteiger charge is 2.49. The highest BCUT2D eigenvalue weighted by molar-refractivity contribution is 5.80. The van der Waals surface area contributed by atoms with Gasteiger partial charge in [-0.15, -0.1) is 0 Å². The van der Waals surface area contributed by atoms with E-state index in [9.17, 15) is 9.90 Å². The van der Waals surface area contributed by atoms with Crippen LogP contribution in [0.15, 0.2) is 60.7 Å². The van der Waals surface area contributed by atoms with Crippen LogP contribution in [0, 0.1) is 0 Å². The fourth-order valence-corrected chi connectivity index (χ4v) is 2.89. The van der Waals surface area contributed by atoms with Gasteiger partial charge in [0.25, 0.3) is 0 Å². The van der Waals surface area contributed by atoms with Gasteiger partial charge >= 0.3 is 0 Å². The molecule has 120 valence electrons. The molecule has 4 nitrogen and oxygen atoms in total. The zero-order valence-corrected chi connectivity index (χ0v) is 13.2. The minimum absolute atomic E-state index is 0.0862. The van der Waals surface area contributed by atoms with Gasteiger partial charge in [-0.3, -0.25) is 4.79 Å². The van der Waals surface area contributed by atoms with Crippen LogP contribution in [0.4, 0.5) is 0 Å². The second-order valence-electron chi connectivity index (χ2n) is 6.05. The van der Waals surface area contributed by atoms with Crippen LogP contribution >= 0.6 is 0 Å². The maximum atomic E-state index is 12.3. The lowest BCUT2D eigenvalue weighted by molar-refractivity contribution is -0.165. The van der Waals surface area contributed by atoms with E-state index in [4.69, 9.17) is 4.74 Å². The highest BCUT2D eigenvalue weighted by atomic mass is 16.5. The SMILES string of the molecule is C[C@@]1(O)[C@@H](OCc2ccccc2)CC(=O)N1Cc1ccccc1. The van der Waals surface area contributed by atoms with Gasteiger partial charge in [0.2, 0.25) is 5.91 Å². The molecule has 0 bridgehead atoms. The molecular formula is C19H21NO3. The summed E-state index contributed by atoms with van der Waals surface area (Å²) in [5, 5.41) is 10.8. The number of likely N-dealkylation sites (tertiary alicyclic amines) is 1. The first-order valence-electron chi connectivity index (χ1n) is 7.79. The normalized spacial score (nSPS) is 24.2. The van der Waals surface area contributed by atoms with Gasteiger partial charge in [-0.2, -0.15) is 0 Å². The summed E-state index contributed by atoms with van der Waals surface area (Å²) in [5.41, 5.74) is 0.712. The van der Waals surface area contributed by atoms with Crippen molar-refractivity contribution in [1.29, 1.82) is 0 Å². The van der Waals surface area contributed by atoms with Gasteiger partial charge in [0.05, 0.1) is 13.0 Å². The molecule has 2 aromatic rings. The summed E-state index contributed by atoms with van der Waals surface area (Å²) in [6.07, 6.45) is -0.328. The van der Waals surface area contributed by atoms with Crippen LogP contribution in [0.2, 0.25) is 0 Å². The molecule has 1 aliphatic rings. The van der Waals surface area contributed by atoms with Gasteiger partial charge in [-0.1, -0.05) is 60.7 Å². The number of benzene rings is 2. The number of carbonyl (C=O) groups excluding carboxylic acids is 1. The lowest BCUT2D eigenvalue weighted by Crippen LogP contribution is -2.49. The number of amides is 1. The number of hydrogen-bond donors (Lipinski definition) is 1. The van der Waals surface area contributed by atoms with Crippen molar-refractivity contribution in [3.8, 4) is 0 Å². The Morgan fingerprint density at radius 3 is 2.26 bits per heavy atom. The van der Waals surface area contributed by atoms with E-state index in [0.29, 0.717) is 13.2 Å². The molecule has 1 heterocycles. The number of hydrogen-bond acceptors (Lipinski definition) is 3. The third-order valence-electron chi connectivity index (χ3n) is 4.30. The van der Waals surface area contributed by atoms with E-state index in [1.807, 2.05) is 60.7 Å². The predicted octanol–water partition coefficient (Wildman–Crippen LogP) is 2.71. The minimum atomic E-state index is -1.30. The monoisotopic (exact) mass is 311 g/mol. The molecule has 3 rings (SSSR count). The van der Waals surface area contributed by atoms with E-state index in [1.165, 1.54) is 4.90 Å².